The molecule has 1 amide bonds. The molecule has 3 aromatic rings. The van der Waals surface area contributed by atoms with Crippen molar-refractivity contribution in [2.24, 2.45) is 5.73 Å². The lowest BCUT2D eigenvalue weighted by molar-refractivity contribution is -0.115. The second-order valence-corrected chi connectivity index (χ2v) is 8.67. The topological polar surface area (TPSA) is 81.8 Å². The molecule has 1 aliphatic carbocycles. The van der Waals surface area contributed by atoms with Crippen LogP contribution in [0.2, 0.25) is 0 Å². The van der Waals surface area contributed by atoms with Crippen molar-refractivity contribution in [3.63, 3.8) is 0 Å². The highest BCUT2D eigenvalue weighted by Gasteiger charge is 2.24. The van der Waals surface area contributed by atoms with Crippen LogP contribution >= 0.6 is 23.1 Å². The normalized spacial score (nSPS) is 14.4. The number of primary amides is 1. The van der Waals surface area contributed by atoms with Crippen LogP contribution in [0.25, 0.3) is 20.4 Å². The van der Waals surface area contributed by atoms with Gasteiger partial charge in [-0.2, -0.15) is 0 Å². The molecule has 4 rings (SSSR count). The zero-order valence-corrected chi connectivity index (χ0v) is 16.0. The van der Waals surface area contributed by atoms with Crippen LogP contribution in [0.3, 0.4) is 0 Å². The molecule has 0 aliphatic heterocycles. The number of aromatic nitrogens is 3. The van der Waals surface area contributed by atoms with Gasteiger partial charge in [-0.15, -0.1) is 11.3 Å². The van der Waals surface area contributed by atoms with E-state index in [0.29, 0.717) is 5.92 Å². The van der Waals surface area contributed by atoms with Crippen LogP contribution in [0.1, 0.15) is 49.4 Å². The van der Waals surface area contributed by atoms with Crippen molar-refractivity contribution in [1.29, 1.82) is 0 Å². The first kappa shape index (κ1) is 16.7. The predicted molar refractivity (Wildman–Crippen MR) is 103 cm³/mol. The van der Waals surface area contributed by atoms with E-state index in [-0.39, 0.29) is 11.7 Å². The van der Waals surface area contributed by atoms with E-state index in [1.54, 1.807) is 17.7 Å². The average molecular weight is 373 g/mol. The van der Waals surface area contributed by atoms with Gasteiger partial charge in [0, 0.05) is 11.1 Å². The third-order valence-corrected chi connectivity index (χ3v) is 6.84. The zero-order valence-electron chi connectivity index (χ0n) is 14.3. The van der Waals surface area contributed by atoms with Gasteiger partial charge in [-0.05, 0) is 42.7 Å². The molecule has 2 N–H and O–H groups in total. The van der Waals surface area contributed by atoms with Gasteiger partial charge in [0.1, 0.15) is 16.2 Å². The van der Waals surface area contributed by atoms with E-state index in [2.05, 4.69) is 23.8 Å². The monoisotopic (exact) mass is 372 g/mol. The SMILES string of the molecule is CC(C)c1nc2sc3c(SCC(N)=O)ncnc3c2c2c1CCCC2. The molecule has 130 valence electrons. The Hall–Kier alpha value is -1.73. The molecule has 0 atom stereocenters. The third-order valence-electron chi connectivity index (χ3n) is 4.62. The maximum Gasteiger partial charge on any atom is 0.227 e. The summed E-state index contributed by atoms with van der Waals surface area (Å²) < 4.78 is 1.02. The lowest BCUT2D eigenvalue weighted by atomic mass is 9.86. The molecule has 3 aromatic heterocycles. The van der Waals surface area contributed by atoms with Crippen LogP contribution < -0.4 is 5.73 Å². The fourth-order valence-electron chi connectivity index (χ4n) is 3.59. The molecule has 7 heteroatoms. The van der Waals surface area contributed by atoms with Gasteiger partial charge in [0.05, 0.1) is 16.0 Å². The Morgan fingerprint density at radius 1 is 1.28 bits per heavy atom. The Labute approximate surface area is 154 Å². The van der Waals surface area contributed by atoms with E-state index in [1.165, 1.54) is 46.8 Å². The molecule has 0 radical (unpaired) electrons. The summed E-state index contributed by atoms with van der Waals surface area (Å²) in [5, 5.41) is 2.02. The number of nitrogens with two attached hydrogens (primary N) is 1. The second kappa shape index (κ2) is 6.53. The van der Waals surface area contributed by atoms with Gasteiger partial charge >= 0.3 is 0 Å². The number of thioether (sulfide) groups is 1. The number of pyridine rings is 1. The van der Waals surface area contributed by atoms with E-state index in [9.17, 15) is 4.79 Å². The van der Waals surface area contributed by atoms with Crippen molar-refractivity contribution in [3.8, 4) is 0 Å². The standard InChI is InChI=1S/C18H20N4OS2/c1-9(2)14-11-6-4-3-5-10(11)13-15-16(25-17(13)22-14)18(21-8-20-15)24-7-12(19)23/h8-9H,3-7H2,1-2H3,(H2,19,23). The summed E-state index contributed by atoms with van der Waals surface area (Å²) in [4.78, 5) is 26.1. The highest BCUT2D eigenvalue weighted by Crippen LogP contribution is 2.42. The predicted octanol–water partition coefficient (Wildman–Crippen LogP) is 3.82. The molecule has 0 saturated heterocycles. The van der Waals surface area contributed by atoms with E-state index < -0.39 is 0 Å². The quantitative estimate of drug-likeness (QED) is 0.556. The minimum absolute atomic E-state index is 0.225. The van der Waals surface area contributed by atoms with Gasteiger partial charge in [0.15, 0.2) is 0 Å². The molecule has 1 aliphatic rings. The summed E-state index contributed by atoms with van der Waals surface area (Å²) in [6.45, 7) is 4.43. The number of carbonyl (C=O) groups excluding carboxylic acids is 1. The first-order valence-electron chi connectivity index (χ1n) is 8.56. The van der Waals surface area contributed by atoms with E-state index in [1.807, 2.05) is 0 Å². The number of carbonyl (C=O) groups is 1. The first-order chi connectivity index (χ1) is 12.1. The number of rotatable bonds is 4. The van der Waals surface area contributed by atoms with E-state index >= 15 is 0 Å². The fourth-order valence-corrected chi connectivity index (χ4v) is 5.57. The van der Waals surface area contributed by atoms with Crippen molar-refractivity contribution in [2.75, 3.05) is 5.75 Å². The number of amides is 1. The van der Waals surface area contributed by atoms with Gasteiger partial charge in [-0.3, -0.25) is 4.79 Å². The highest BCUT2D eigenvalue weighted by molar-refractivity contribution is 8.00. The molecule has 0 fully saturated rings. The van der Waals surface area contributed by atoms with E-state index in [4.69, 9.17) is 10.7 Å². The molecular weight excluding hydrogens is 352 g/mol. The van der Waals surface area contributed by atoms with Gasteiger partial charge in [0.2, 0.25) is 5.91 Å². The summed E-state index contributed by atoms with van der Waals surface area (Å²) in [6, 6.07) is 0. The lowest BCUT2D eigenvalue weighted by Crippen LogP contribution is -2.13. The largest absolute Gasteiger partial charge is 0.369 e. The van der Waals surface area contributed by atoms with Crippen molar-refractivity contribution >= 4 is 49.4 Å². The van der Waals surface area contributed by atoms with E-state index in [0.717, 1.165) is 32.9 Å². The Morgan fingerprint density at radius 3 is 2.76 bits per heavy atom. The van der Waals surface area contributed by atoms with Crippen LogP contribution in [0.15, 0.2) is 11.4 Å². The van der Waals surface area contributed by atoms with Gasteiger partial charge in [0.25, 0.3) is 0 Å². The number of fused-ring (bicyclic) bond motifs is 5. The fraction of sp³-hybridized carbons (Fsp3) is 0.444. The van der Waals surface area contributed by atoms with Crippen LogP contribution in [-0.2, 0) is 17.6 Å². The Balaban J connectivity index is 1.99. The Kier molecular flexibility index (Phi) is 4.37. The van der Waals surface area contributed by atoms with Crippen LogP contribution in [0.5, 0.6) is 0 Å². The summed E-state index contributed by atoms with van der Waals surface area (Å²) in [6.07, 6.45) is 6.24. The van der Waals surface area contributed by atoms with Crippen molar-refractivity contribution in [3.05, 3.63) is 23.1 Å². The summed E-state index contributed by atoms with van der Waals surface area (Å²) >= 11 is 3.01. The number of hydrogen-bond acceptors (Lipinski definition) is 6. The smallest absolute Gasteiger partial charge is 0.227 e. The molecule has 0 saturated carbocycles. The minimum Gasteiger partial charge on any atom is -0.369 e. The van der Waals surface area contributed by atoms with Crippen LogP contribution in [0, 0.1) is 0 Å². The van der Waals surface area contributed by atoms with Gasteiger partial charge in [-0.25, -0.2) is 15.0 Å². The molecular formula is C18H20N4OS2. The minimum atomic E-state index is -0.338. The first-order valence-corrected chi connectivity index (χ1v) is 10.4. The zero-order chi connectivity index (χ0) is 17.6. The maximum absolute atomic E-state index is 11.1. The third kappa shape index (κ3) is 2.89. The summed E-state index contributed by atoms with van der Waals surface area (Å²) in [5.41, 5.74) is 10.4. The number of hydrogen-bond donors (Lipinski definition) is 1. The second-order valence-electron chi connectivity index (χ2n) is 6.71. The number of nitrogens with zero attached hydrogens (tertiary/aromatic N) is 3. The Morgan fingerprint density at radius 2 is 2.04 bits per heavy atom. The number of thiophene rings is 1. The highest BCUT2D eigenvalue weighted by atomic mass is 32.2. The molecule has 0 bridgehead atoms. The summed E-state index contributed by atoms with van der Waals surface area (Å²) in [5.74, 6) is 0.301. The lowest BCUT2D eigenvalue weighted by Gasteiger charge is -2.21. The van der Waals surface area contributed by atoms with Crippen molar-refractivity contribution < 1.29 is 4.79 Å². The summed E-state index contributed by atoms with van der Waals surface area (Å²) in [7, 11) is 0. The maximum atomic E-state index is 11.1. The Bertz CT molecular complexity index is 980. The van der Waals surface area contributed by atoms with Gasteiger partial charge < -0.3 is 5.73 Å². The van der Waals surface area contributed by atoms with Gasteiger partial charge in [-0.1, -0.05) is 25.6 Å². The van der Waals surface area contributed by atoms with Crippen LogP contribution in [0.4, 0.5) is 0 Å². The van der Waals surface area contributed by atoms with Crippen LogP contribution in [-0.4, -0.2) is 26.6 Å². The molecule has 0 spiro atoms. The average Bonchev–Trinajstić information content (AvgIpc) is 2.98. The van der Waals surface area contributed by atoms with Crippen molar-refractivity contribution in [1.82, 2.24) is 15.0 Å². The molecule has 5 nitrogen and oxygen atoms in total. The number of aryl methyl sites for hydroxylation is 1. The molecule has 0 unspecified atom stereocenters. The molecule has 0 aromatic carbocycles. The molecule has 25 heavy (non-hydrogen) atoms. The van der Waals surface area contributed by atoms with Crippen molar-refractivity contribution in [2.45, 2.75) is 50.5 Å². The molecule has 3 heterocycles.